The maximum Gasteiger partial charge on any atom is 0.373 e. The monoisotopic (exact) mass is 334 g/mol. The number of benzene rings is 1. The van der Waals surface area contributed by atoms with E-state index in [0.29, 0.717) is 5.56 Å². The van der Waals surface area contributed by atoms with Gasteiger partial charge in [-0.25, -0.2) is 4.79 Å². The molecule has 1 atom stereocenters. The van der Waals surface area contributed by atoms with E-state index in [1.165, 1.54) is 50.5 Å². The van der Waals surface area contributed by atoms with E-state index in [2.05, 4.69) is 13.8 Å². The minimum atomic E-state index is -0.409. The molecular formula is C21H34O3. The van der Waals surface area contributed by atoms with Crippen LogP contribution in [0.3, 0.4) is 0 Å². The first-order valence-corrected chi connectivity index (χ1v) is 9.64. The van der Waals surface area contributed by atoms with Crippen molar-refractivity contribution in [1.82, 2.24) is 0 Å². The Morgan fingerprint density at radius 2 is 1.54 bits per heavy atom. The van der Waals surface area contributed by atoms with Crippen LogP contribution >= 0.6 is 0 Å². The summed E-state index contributed by atoms with van der Waals surface area (Å²) in [6.45, 7) is 6.35. The highest BCUT2D eigenvalue weighted by molar-refractivity contribution is 5.88. The van der Waals surface area contributed by atoms with Crippen molar-refractivity contribution in [2.24, 2.45) is 0 Å². The largest absolute Gasteiger partial charge is 0.373 e. The topological polar surface area (TPSA) is 35.5 Å². The average molecular weight is 335 g/mol. The van der Waals surface area contributed by atoms with E-state index < -0.39 is 5.97 Å². The van der Waals surface area contributed by atoms with Crippen LogP contribution in [0.4, 0.5) is 0 Å². The van der Waals surface area contributed by atoms with Gasteiger partial charge in [-0.05, 0) is 43.9 Å². The minimum absolute atomic E-state index is 0.0522. The van der Waals surface area contributed by atoms with Crippen LogP contribution < -0.4 is 0 Å². The molecule has 1 aromatic rings. The Labute approximate surface area is 147 Å². The molecule has 136 valence electrons. The summed E-state index contributed by atoms with van der Waals surface area (Å²) in [5.74, 6) is -0.409. The number of hydrogen-bond acceptors (Lipinski definition) is 3. The first-order valence-electron chi connectivity index (χ1n) is 9.64. The first-order chi connectivity index (χ1) is 11.7. The Balaban J connectivity index is 2.26. The highest BCUT2D eigenvalue weighted by Gasteiger charge is 2.11. The van der Waals surface area contributed by atoms with E-state index in [9.17, 15) is 4.79 Å². The lowest BCUT2D eigenvalue weighted by molar-refractivity contribution is -0.271. The van der Waals surface area contributed by atoms with Crippen molar-refractivity contribution >= 4 is 5.97 Å². The molecule has 3 nitrogen and oxygen atoms in total. The molecule has 0 radical (unpaired) electrons. The Hall–Kier alpha value is -1.35. The minimum Gasteiger partial charge on any atom is -0.293 e. The van der Waals surface area contributed by atoms with Crippen molar-refractivity contribution in [3.8, 4) is 0 Å². The molecule has 0 saturated carbocycles. The molecule has 0 saturated heterocycles. The van der Waals surface area contributed by atoms with Gasteiger partial charge in [0.2, 0.25) is 0 Å². The van der Waals surface area contributed by atoms with Crippen LogP contribution in [-0.2, 0) is 16.2 Å². The molecule has 0 amide bonds. The lowest BCUT2D eigenvalue weighted by Gasteiger charge is -2.11. The van der Waals surface area contributed by atoms with Crippen molar-refractivity contribution in [1.29, 1.82) is 0 Å². The molecule has 0 aliphatic carbocycles. The summed E-state index contributed by atoms with van der Waals surface area (Å²) in [6, 6.07) is 7.67. The van der Waals surface area contributed by atoms with Gasteiger partial charge in [-0.2, -0.15) is 4.89 Å². The maximum absolute atomic E-state index is 12.0. The van der Waals surface area contributed by atoms with Crippen LogP contribution in [0.5, 0.6) is 0 Å². The first kappa shape index (κ1) is 20.7. The van der Waals surface area contributed by atoms with E-state index >= 15 is 0 Å². The van der Waals surface area contributed by atoms with E-state index in [1.54, 1.807) is 0 Å². The summed E-state index contributed by atoms with van der Waals surface area (Å²) in [6.07, 6.45) is 11.7. The molecule has 0 spiro atoms. The van der Waals surface area contributed by atoms with Gasteiger partial charge in [-0.3, -0.25) is 4.89 Å². The molecule has 0 fully saturated rings. The summed E-state index contributed by atoms with van der Waals surface area (Å²) < 4.78 is 0. The molecule has 0 bridgehead atoms. The molecule has 0 aliphatic heterocycles. The van der Waals surface area contributed by atoms with Crippen molar-refractivity contribution in [2.75, 3.05) is 0 Å². The van der Waals surface area contributed by atoms with Crippen molar-refractivity contribution in [3.05, 3.63) is 35.4 Å². The Morgan fingerprint density at radius 1 is 0.917 bits per heavy atom. The number of carbonyl (C=O) groups excluding carboxylic acids is 1. The lowest BCUT2D eigenvalue weighted by Crippen LogP contribution is -2.13. The number of unbranched alkanes of at least 4 members (excludes halogenated alkanes) is 6. The summed E-state index contributed by atoms with van der Waals surface area (Å²) >= 11 is 0. The van der Waals surface area contributed by atoms with Gasteiger partial charge in [0.05, 0.1) is 5.56 Å². The molecule has 1 unspecified atom stereocenters. The molecule has 0 aromatic heterocycles. The summed E-state index contributed by atoms with van der Waals surface area (Å²) in [5, 5.41) is 0. The molecular weight excluding hydrogens is 300 g/mol. The number of aryl methyl sites for hydroxylation is 1. The fourth-order valence-corrected chi connectivity index (χ4v) is 2.64. The van der Waals surface area contributed by atoms with E-state index in [-0.39, 0.29) is 6.10 Å². The van der Waals surface area contributed by atoms with Gasteiger partial charge in [0.15, 0.2) is 0 Å². The van der Waals surface area contributed by atoms with E-state index in [4.69, 9.17) is 9.78 Å². The molecule has 1 rings (SSSR count). The SMILES string of the molecule is CCCCCCc1ccc(C(=O)OOC(C)CCCCCC)cc1. The van der Waals surface area contributed by atoms with Crippen molar-refractivity contribution in [3.63, 3.8) is 0 Å². The highest BCUT2D eigenvalue weighted by atomic mass is 17.2. The zero-order valence-electron chi connectivity index (χ0n) is 15.7. The average Bonchev–Trinajstić information content (AvgIpc) is 2.61. The summed E-state index contributed by atoms with van der Waals surface area (Å²) in [4.78, 5) is 22.2. The summed E-state index contributed by atoms with van der Waals surface area (Å²) in [7, 11) is 0. The molecule has 24 heavy (non-hydrogen) atoms. The van der Waals surface area contributed by atoms with Crippen LogP contribution in [0.1, 0.15) is 94.5 Å². The lowest BCUT2D eigenvalue weighted by atomic mass is 10.0. The smallest absolute Gasteiger partial charge is 0.293 e. The van der Waals surface area contributed by atoms with Gasteiger partial charge in [-0.15, -0.1) is 0 Å². The number of hydrogen-bond donors (Lipinski definition) is 0. The predicted molar refractivity (Wildman–Crippen MR) is 99.0 cm³/mol. The van der Waals surface area contributed by atoms with Gasteiger partial charge < -0.3 is 0 Å². The maximum atomic E-state index is 12.0. The van der Waals surface area contributed by atoms with Gasteiger partial charge in [0, 0.05) is 0 Å². The number of rotatable bonds is 13. The van der Waals surface area contributed by atoms with Crippen LogP contribution in [0.2, 0.25) is 0 Å². The van der Waals surface area contributed by atoms with Crippen molar-refractivity contribution < 1.29 is 14.6 Å². The fourth-order valence-electron chi connectivity index (χ4n) is 2.64. The van der Waals surface area contributed by atoms with E-state index in [1.807, 2.05) is 31.2 Å². The molecule has 1 aromatic carbocycles. The van der Waals surface area contributed by atoms with Crippen LogP contribution in [-0.4, -0.2) is 12.1 Å². The normalized spacial score (nSPS) is 12.1. The molecule has 0 heterocycles. The second-order valence-corrected chi connectivity index (χ2v) is 6.63. The van der Waals surface area contributed by atoms with Gasteiger partial charge >= 0.3 is 5.97 Å². The zero-order chi connectivity index (χ0) is 17.6. The predicted octanol–water partition coefficient (Wildman–Crippen LogP) is 6.26. The van der Waals surface area contributed by atoms with Crippen LogP contribution in [0.15, 0.2) is 24.3 Å². The van der Waals surface area contributed by atoms with Crippen LogP contribution in [0.25, 0.3) is 0 Å². The zero-order valence-corrected chi connectivity index (χ0v) is 15.7. The Bertz CT molecular complexity index is 439. The second kappa shape index (κ2) is 13.0. The van der Waals surface area contributed by atoms with Crippen LogP contribution in [0, 0.1) is 0 Å². The van der Waals surface area contributed by atoms with Crippen molar-refractivity contribution in [2.45, 2.75) is 91.1 Å². The van der Waals surface area contributed by atoms with E-state index in [0.717, 1.165) is 19.3 Å². The quantitative estimate of drug-likeness (QED) is 0.243. The molecule has 0 N–H and O–H groups in total. The third-order valence-electron chi connectivity index (χ3n) is 4.26. The molecule has 3 heteroatoms. The third-order valence-corrected chi connectivity index (χ3v) is 4.26. The van der Waals surface area contributed by atoms with Gasteiger partial charge in [0.25, 0.3) is 0 Å². The van der Waals surface area contributed by atoms with Gasteiger partial charge in [0.1, 0.15) is 6.10 Å². The summed E-state index contributed by atoms with van der Waals surface area (Å²) in [5.41, 5.74) is 1.82. The number of carbonyl (C=O) groups is 1. The fraction of sp³-hybridized carbons (Fsp3) is 0.667. The molecule has 0 aliphatic rings. The Kier molecular flexibility index (Phi) is 11.2. The second-order valence-electron chi connectivity index (χ2n) is 6.63. The highest BCUT2D eigenvalue weighted by Crippen LogP contribution is 2.12. The Morgan fingerprint density at radius 3 is 2.17 bits per heavy atom. The standard InChI is InChI=1S/C21H34O3/c1-4-6-8-10-12-18(3)23-24-21(22)20-16-14-19(15-17-20)13-11-9-7-5-2/h14-18H,4-13H2,1-3H3. The third kappa shape index (κ3) is 9.07. The van der Waals surface area contributed by atoms with Gasteiger partial charge in [-0.1, -0.05) is 70.9 Å².